The molecule has 2 aromatic rings. The highest BCUT2D eigenvalue weighted by Crippen LogP contribution is 2.40. The second-order valence-electron chi connectivity index (χ2n) is 10.3. The van der Waals surface area contributed by atoms with Crippen LogP contribution in [0.2, 0.25) is 5.04 Å². The van der Waals surface area contributed by atoms with E-state index in [9.17, 15) is 4.80 Å². The standard InChI is InChI=1S/C31H45NO2Si/c1-6-28(34-25-32)23-22-27(3)16-13-15-26(2)17-14-24-31(4,5)35(33,29-18-9-7-10-19-29)30-20-11-8-12-21-30/h7-12,16-21,25,28,32-33H,6,13-15,22-24H2,1-5H3/b26-17+,27-16+,32-25?. The third kappa shape index (κ3) is 8.33. The summed E-state index contributed by atoms with van der Waals surface area (Å²) >= 11 is 0. The molecule has 1 unspecified atom stereocenters. The minimum absolute atomic E-state index is 0.148. The van der Waals surface area contributed by atoms with Gasteiger partial charge in [0.2, 0.25) is 0 Å². The van der Waals surface area contributed by atoms with Gasteiger partial charge in [-0.2, -0.15) is 0 Å². The van der Waals surface area contributed by atoms with Crippen LogP contribution >= 0.6 is 0 Å². The third-order valence-electron chi connectivity index (χ3n) is 7.23. The summed E-state index contributed by atoms with van der Waals surface area (Å²) in [6, 6.07) is 20.6. The van der Waals surface area contributed by atoms with E-state index in [1.807, 2.05) is 36.4 Å². The molecule has 2 N–H and O–H groups in total. The average molecular weight is 492 g/mol. The molecule has 0 amide bonds. The molecule has 0 aliphatic carbocycles. The molecule has 2 rings (SSSR count). The lowest BCUT2D eigenvalue weighted by Crippen LogP contribution is -2.65. The van der Waals surface area contributed by atoms with Gasteiger partial charge >= 0.3 is 0 Å². The zero-order chi connectivity index (χ0) is 25.7. The van der Waals surface area contributed by atoms with E-state index in [4.69, 9.17) is 10.1 Å². The lowest BCUT2D eigenvalue weighted by atomic mass is 10.0. The van der Waals surface area contributed by atoms with Crippen LogP contribution in [0.1, 0.15) is 79.6 Å². The zero-order valence-corrected chi connectivity index (χ0v) is 23.4. The second-order valence-corrected chi connectivity index (χ2v) is 14.3. The number of benzene rings is 2. The van der Waals surface area contributed by atoms with E-state index in [1.54, 1.807) is 0 Å². The molecule has 0 heterocycles. The maximum Gasteiger partial charge on any atom is 0.258 e. The topological polar surface area (TPSA) is 53.3 Å². The molecule has 0 spiro atoms. The highest BCUT2D eigenvalue weighted by atomic mass is 28.4. The van der Waals surface area contributed by atoms with Gasteiger partial charge in [0.05, 0.1) is 6.10 Å². The van der Waals surface area contributed by atoms with Crippen molar-refractivity contribution in [1.82, 2.24) is 0 Å². The van der Waals surface area contributed by atoms with Crippen molar-refractivity contribution in [2.24, 2.45) is 0 Å². The van der Waals surface area contributed by atoms with Crippen LogP contribution in [0.4, 0.5) is 0 Å². The molecule has 0 saturated carbocycles. The molecule has 190 valence electrons. The van der Waals surface area contributed by atoms with Crippen molar-refractivity contribution in [3.8, 4) is 0 Å². The number of ether oxygens (including phenoxy) is 1. The predicted molar refractivity (Wildman–Crippen MR) is 153 cm³/mol. The van der Waals surface area contributed by atoms with Gasteiger partial charge in [0.1, 0.15) is 0 Å². The van der Waals surface area contributed by atoms with Gasteiger partial charge in [-0.1, -0.05) is 105 Å². The lowest BCUT2D eigenvalue weighted by molar-refractivity contribution is 0.183. The summed E-state index contributed by atoms with van der Waals surface area (Å²) in [6.07, 6.45) is 12.9. The van der Waals surface area contributed by atoms with Gasteiger partial charge in [-0.05, 0) is 74.2 Å². The molecule has 3 nitrogen and oxygen atoms in total. The zero-order valence-electron chi connectivity index (χ0n) is 22.4. The molecular formula is C31H45NO2Si. The van der Waals surface area contributed by atoms with E-state index in [2.05, 4.69) is 71.0 Å². The molecule has 0 radical (unpaired) electrons. The van der Waals surface area contributed by atoms with Crippen LogP contribution in [0.5, 0.6) is 0 Å². The Bertz CT molecular complexity index is 911. The Balaban J connectivity index is 1.98. The molecule has 0 saturated heterocycles. The van der Waals surface area contributed by atoms with E-state index in [0.29, 0.717) is 0 Å². The smallest absolute Gasteiger partial charge is 0.258 e. The van der Waals surface area contributed by atoms with Crippen molar-refractivity contribution >= 4 is 25.1 Å². The molecule has 2 aromatic carbocycles. The SMILES string of the molecule is CCC(CC/C(C)=C/CC/C(C)=C/CCC(C)(C)[Si](O)(c1ccccc1)c1ccccc1)OC=N. The van der Waals surface area contributed by atoms with E-state index in [0.717, 1.165) is 61.7 Å². The third-order valence-corrected chi connectivity index (χ3v) is 11.8. The van der Waals surface area contributed by atoms with Gasteiger partial charge in [0.15, 0.2) is 6.40 Å². The van der Waals surface area contributed by atoms with Crippen LogP contribution in [0.25, 0.3) is 0 Å². The molecule has 4 heteroatoms. The summed E-state index contributed by atoms with van der Waals surface area (Å²) in [4.78, 5) is 12.3. The molecule has 1 atom stereocenters. The Morgan fingerprint density at radius 1 is 0.914 bits per heavy atom. The fraction of sp³-hybridized carbons (Fsp3) is 0.452. The molecule has 0 aliphatic heterocycles. The number of hydrogen-bond acceptors (Lipinski definition) is 3. The monoisotopic (exact) mass is 491 g/mol. The number of rotatable bonds is 15. The Labute approximate surface area is 214 Å². The molecule has 0 aliphatic rings. The molecule has 0 fully saturated rings. The average Bonchev–Trinajstić information content (AvgIpc) is 2.86. The quantitative estimate of drug-likeness (QED) is 0.120. The van der Waals surface area contributed by atoms with Gasteiger partial charge in [0.25, 0.3) is 8.32 Å². The van der Waals surface area contributed by atoms with Crippen LogP contribution in [0.15, 0.2) is 84.0 Å². The molecule has 35 heavy (non-hydrogen) atoms. The first kappa shape index (κ1) is 28.8. The first-order valence-electron chi connectivity index (χ1n) is 13.0. The molecular weight excluding hydrogens is 446 g/mol. The van der Waals surface area contributed by atoms with Crippen LogP contribution in [0, 0.1) is 5.41 Å². The highest BCUT2D eigenvalue weighted by molar-refractivity contribution is 6.98. The van der Waals surface area contributed by atoms with Crippen molar-refractivity contribution in [3.05, 3.63) is 84.0 Å². The van der Waals surface area contributed by atoms with Crippen molar-refractivity contribution < 1.29 is 9.53 Å². The van der Waals surface area contributed by atoms with Crippen molar-refractivity contribution in [2.75, 3.05) is 0 Å². The van der Waals surface area contributed by atoms with Gasteiger partial charge in [-0.15, -0.1) is 0 Å². The maximum atomic E-state index is 12.3. The van der Waals surface area contributed by atoms with E-state index in [1.165, 1.54) is 11.1 Å². The Kier molecular flexibility index (Phi) is 11.7. The van der Waals surface area contributed by atoms with E-state index >= 15 is 0 Å². The van der Waals surface area contributed by atoms with Crippen molar-refractivity contribution in [1.29, 1.82) is 5.41 Å². The minimum Gasteiger partial charge on any atom is -0.481 e. The van der Waals surface area contributed by atoms with E-state index in [-0.39, 0.29) is 11.1 Å². The largest absolute Gasteiger partial charge is 0.481 e. The molecule has 0 bridgehead atoms. The summed E-state index contributed by atoms with van der Waals surface area (Å²) in [5, 5.41) is 9.06. The molecule has 0 aromatic heterocycles. The lowest BCUT2D eigenvalue weighted by Gasteiger charge is -2.41. The van der Waals surface area contributed by atoms with Gasteiger partial charge in [-0.3, -0.25) is 5.41 Å². The fourth-order valence-electron chi connectivity index (χ4n) is 4.77. The Morgan fingerprint density at radius 3 is 1.94 bits per heavy atom. The fourth-order valence-corrected chi connectivity index (χ4v) is 8.52. The number of allylic oxidation sites excluding steroid dienone is 4. The minimum atomic E-state index is -2.93. The normalized spacial score (nSPS) is 14.0. The first-order chi connectivity index (χ1) is 16.7. The Morgan fingerprint density at radius 2 is 1.43 bits per heavy atom. The summed E-state index contributed by atoms with van der Waals surface area (Å²) in [7, 11) is -2.93. The number of hydrogen-bond donors (Lipinski definition) is 2. The summed E-state index contributed by atoms with van der Waals surface area (Å²) in [5.41, 5.74) is 2.81. The summed E-state index contributed by atoms with van der Waals surface area (Å²) in [5.74, 6) is 0. The van der Waals surface area contributed by atoms with Crippen LogP contribution in [-0.2, 0) is 4.74 Å². The van der Waals surface area contributed by atoms with Gasteiger partial charge in [0, 0.05) is 0 Å². The predicted octanol–water partition coefficient (Wildman–Crippen LogP) is 7.15. The highest BCUT2D eigenvalue weighted by Gasteiger charge is 2.49. The summed E-state index contributed by atoms with van der Waals surface area (Å²) in [6.45, 7) is 11.0. The van der Waals surface area contributed by atoms with Crippen molar-refractivity contribution in [3.63, 3.8) is 0 Å². The van der Waals surface area contributed by atoms with Crippen LogP contribution in [-0.4, -0.2) is 25.6 Å². The Hall–Kier alpha value is -2.43. The maximum absolute atomic E-state index is 12.3. The van der Waals surface area contributed by atoms with Gasteiger partial charge < -0.3 is 9.53 Å². The second kappa shape index (κ2) is 14.2. The van der Waals surface area contributed by atoms with Crippen molar-refractivity contribution in [2.45, 2.75) is 90.7 Å². The summed E-state index contributed by atoms with van der Waals surface area (Å²) < 4.78 is 5.33. The van der Waals surface area contributed by atoms with Gasteiger partial charge in [-0.25, -0.2) is 0 Å². The van der Waals surface area contributed by atoms with Crippen LogP contribution in [0.3, 0.4) is 0 Å². The first-order valence-corrected chi connectivity index (χ1v) is 15.0. The van der Waals surface area contributed by atoms with E-state index < -0.39 is 8.32 Å². The van der Waals surface area contributed by atoms with Crippen LogP contribution < -0.4 is 10.4 Å². The number of nitrogens with one attached hydrogen (secondary N) is 1.